The van der Waals surface area contributed by atoms with Crippen molar-refractivity contribution in [3.63, 3.8) is 0 Å². The van der Waals surface area contributed by atoms with E-state index >= 15 is 0 Å². The summed E-state index contributed by atoms with van der Waals surface area (Å²) >= 11 is 6.13. The first kappa shape index (κ1) is 22.7. The van der Waals surface area contributed by atoms with E-state index in [1.54, 1.807) is 29.2 Å². The smallest absolute Gasteiger partial charge is 0.335 e. The van der Waals surface area contributed by atoms with Crippen LogP contribution in [0.2, 0.25) is 5.02 Å². The van der Waals surface area contributed by atoms with Gasteiger partial charge in [0.2, 0.25) is 5.91 Å². The first-order valence-corrected chi connectivity index (χ1v) is 11.1. The summed E-state index contributed by atoms with van der Waals surface area (Å²) in [6.45, 7) is 4.77. The second-order valence-corrected chi connectivity index (χ2v) is 8.05. The van der Waals surface area contributed by atoms with Crippen molar-refractivity contribution in [1.29, 1.82) is 0 Å². The van der Waals surface area contributed by atoms with Gasteiger partial charge in [0.05, 0.1) is 31.2 Å². The van der Waals surface area contributed by atoms with Crippen LogP contribution >= 0.6 is 11.6 Å². The Bertz CT molecular complexity index is 1170. The van der Waals surface area contributed by atoms with Crippen molar-refractivity contribution in [3.05, 3.63) is 87.9 Å². The zero-order chi connectivity index (χ0) is 23.5. The molecule has 7 heteroatoms. The van der Waals surface area contributed by atoms with Crippen LogP contribution in [0.3, 0.4) is 0 Å². The lowest BCUT2D eigenvalue weighted by atomic mass is 9.86. The van der Waals surface area contributed by atoms with Gasteiger partial charge in [0, 0.05) is 10.7 Å². The van der Waals surface area contributed by atoms with Gasteiger partial charge >= 0.3 is 5.97 Å². The molecule has 3 aromatic carbocycles. The molecule has 0 aromatic heterocycles. The number of halogens is 1. The molecular formula is C26H24ClNO5. The number of anilines is 1. The average molecular weight is 466 g/mol. The van der Waals surface area contributed by atoms with E-state index in [1.165, 1.54) is 12.1 Å². The molecule has 0 bridgehead atoms. The molecule has 1 N–H and O–H groups in total. The Balaban J connectivity index is 1.89. The van der Waals surface area contributed by atoms with E-state index in [1.807, 2.05) is 38.1 Å². The molecule has 6 nitrogen and oxygen atoms in total. The number of amides is 1. The van der Waals surface area contributed by atoms with Crippen LogP contribution < -0.4 is 14.4 Å². The number of carboxylic acid groups (broad SMARTS) is 1. The Morgan fingerprint density at radius 1 is 1.00 bits per heavy atom. The largest absolute Gasteiger partial charge is 0.490 e. The minimum atomic E-state index is -1.02. The van der Waals surface area contributed by atoms with E-state index in [9.17, 15) is 14.7 Å². The molecule has 33 heavy (non-hydrogen) atoms. The third-order valence-electron chi connectivity index (χ3n) is 5.55. The average Bonchev–Trinajstić information content (AvgIpc) is 2.80. The number of carboxylic acids is 1. The van der Waals surface area contributed by atoms with Crippen molar-refractivity contribution in [2.24, 2.45) is 0 Å². The molecule has 0 fully saturated rings. The Morgan fingerprint density at radius 2 is 1.61 bits per heavy atom. The fourth-order valence-corrected chi connectivity index (χ4v) is 4.25. The van der Waals surface area contributed by atoms with Crippen molar-refractivity contribution in [3.8, 4) is 11.5 Å². The molecule has 4 rings (SSSR count). The van der Waals surface area contributed by atoms with Gasteiger partial charge in [-0.3, -0.25) is 4.79 Å². The monoisotopic (exact) mass is 465 g/mol. The number of rotatable bonds is 7. The Hall–Kier alpha value is -3.51. The highest BCUT2D eigenvalue weighted by Gasteiger charge is 2.36. The standard InChI is InChI=1S/C26H24ClNO5/c1-3-32-22-13-18-14-24(29)28(20-11-7-17(8-12-20)26(30)31)25(16-5-9-19(27)10-6-16)21(18)15-23(22)33-4-2/h5-13,15,25H,3-4,14H2,1-2H3,(H,30,31). The van der Waals surface area contributed by atoms with E-state index < -0.39 is 12.0 Å². The summed E-state index contributed by atoms with van der Waals surface area (Å²) in [5.41, 5.74) is 3.44. The molecule has 170 valence electrons. The fourth-order valence-electron chi connectivity index (χ4n) is 4.12. The normalized spacial score (nSPS) is 15.2. The molecule has 0 radical (unpaired) electrons. The molecular weight excluding hydrogens is 442 g/mol. The van der Waals surface area contributed by atoms with Crippen molar-refractivity contribution in [1.82, 2.24) is 0 Å². The van der Waals surface area contributed by atoms with Crippen molar-refractivity contribution in [2.75, 3.05) is 18.1 Å². The lowest BCUT2D eigenvalue weighted by Crippen LogP contribution is -2.41. The maximum Gasteiger partial charge on any atom is 0.335 e. The number of nitrogens with zero attached hydrogens (tertiary/aromatic N) is 1. The molecule has 3 aromatic rings. The second kappa shape index (κ2) is 9.55. The van der Waals surface area contributed by atoms with Crippen molar-refractivity contribution >= 4 is 29.2 Å². The molecule has 1 aliphatic rings. The van der Waals surface area contributed by atoms with Crippen molar-refractivity contribution in [2.45, 2.75) is 26.3 Å². The lowest BCUT2D eigenvalue weighted by molar-refractivity contribution is -0.118. The molecule has 0 spiro atoms. The summed E-state index contributed by atoms with van der Waals surface area (Å²) in [7, 11) is 0. The second-order valence-electron chi connectivity index (χ2n) is 7.61. The first-order chi connectivity index (χ1) is 15.9. The molecule has 1 atom stereocenters. The maximum absolute atomic E-state index is 13.4. The van der Waals surface area contributed by atoms with Crippen LogP contribution in [-0.4, -0.2) is 30.2 Å². The van der Waals surface area contributed by atoms with Gasteiger partial charge < -0.3 is 19.5 Å². The van der Waals surface area contributed by atoms with Crippen LogP contribution in [0, 0.1) is 0 Å². The number of aromatic carboxylic acids is 1. The van der Waals surface area contributed by atoms with E-state index in [0.29, 0.717) is 35.4 Å². The van der Waals surface area contributed by atoms with Gasteiger partial charge in [-0.05, 0) is 79.1 Å². The highest BCUT2D eigenvalue weighted by Crippen LogP contribution is 2.43. The molecule has 0 saturated heterocycles. The summed E-state index contributed by atoms with van der Waals surface area (Å²) in [5.74, 6) is 0.112. The van der Waals surface area contributed by atoms with E-state index in [-0.39, 0.29) is 17.9 Å². The molecule has 1 amide bonds. The van der Waals surface area contributed by atoms with Crippen LogP contribution in [0.4, 0.5) is 5.69 Å². The summed E-state index contributed by atoms with van der Waals surface area (Å²) in [5, 5.41) is 9.85. The third kappa shape index (κ3) is 4.52. The van der Waals surface area contributed by atoms with Gasteiger partial charge in [-0.2, -0.15) is 0 Å². The highest BCUT2D eigenvalue weighted by atomic mass is 35.5. The Kier molecular flexibility index (Phi) is 6.56. The predicted octanol–water partition coefficient (Wildman–Crippen LogP) is 5.51. The van der Waals surface area contributed by atoms with E-state index in [0.717, 1.165) is 16.7 Å². The zero-order valence-electron chi connectivity index (χ0n) is 18.4. The Labute approximate surface area is 197 Å². The van der Waals surface area contributed by atoms with Gasteiger partial charge in [-0.15, -0.1) is 0 Å². The third-order valence-corrected chi connectivity index (χ3v) is 5.80. The first-order valence-electron chi connectivity index (χ1n) is 10.8. The highest BCUT2D eigenvalue weighted by molar-refractivity contribution is 6.30. The van der Waals surface area contributed by atoms with Gasteiger partial charge in [-0.1, -0.05) is 23.7 Å². The summed E-state index contributed by atoms with van der Waals surface area (Å²) in [6.07, 6.45) is 0.187. The lowest BCUT2D eigenvalue weighted by Gasteiger charge is -2.38. The summed E-state index contributed by atoms with van der Waals surface area (Å²) in [6, 6.07) is 17.1. The number of benzene rings is 3. The number of hydrogen-bond acceptors (Lipinski definition) is 4. The minimum Gasteiger partial charge on any atom is -0.490 e. The molecule has 1 unspecified atom stereocenters. The zero-order valence-corrected chi connectivity index (χ0v) is 19.1. The fraction of sp³-hybridized carbons (Fsp3) is 0.231. The summed E-state index contributed by atoms with van der Waals surface area (Å²) < 4.78 is 11.6. The van der Waals surface area contributed by atoms with Crippen LogP contribution in [0.5, 0.6) is 11.5 Å². The van der Waals surface area contributed by atoms with Crippen molar-refractivity contribution < 1.29 is 24.2 Å². The molecule has 0 saturated carbocycles. The minimum absolute atomic E-state index is 0.0999. The van der Waals surface area contributed by atoms with E-state index in [2.05, 4.69) is 0 Å². The summed E-state index contributed by atoms with van der Waals surface area (Å²) in [4.78, 5) is 26.4. The number of carbonyl (C=O) groups is 2. The molecule has 1 aliphatic heterocycles. The number of hydrogen-bond donors (Lipinski definition) is 1. The van der Waals surface area contributed by atoms with Gasteiger partial charge in [0.15, 0.2) is 11.5 Å². The van der Waals surface area contributed by atoms with Gasteiger partial charge in [0.25, 0.3) is 0 Å². The van der Waals surface area contributed by atoms with Crippen LogP contribution in [-0.2, 0) is 11.2 Å². The Morgan fingerprint density at radius 3 is 2.18 bits per heavy atom. The van der Waals surface area contributed by atoms with Gasteiger partial charge in [0.1, 0.15) is 0 Å². The number of ether oxygens (including phenoxy) is 2. The maximum atomic E-state index is 13.4. The molecule has 1 heterocycles. The van der Waals surface area contributed by atoms with Crippen LogP contribution in [0.15, 0.2) is 60.7 Å². The number of carbonyl (C=O) groups excluding carboxylic acids is 1. The molecule has 0 aliphatic carbocycles. The topological polar surface area (TPSA) is 76.1 Å². The van der Waals surface area contributed by atoms with Crippen LogP contribution in [0.1, 0.15) is 46.9 Å². The van der Waals surface area contributed by atoms with E-state index in [4.69, 9.17) is 21.1 Å². The number of fused-ring (bicyclic) bond motifs is 1. The van der Waals surface area contributed by atoms with Gasteiger partial charge in [-0.25, -0.2) is 4.79 Å². The SMILES string of the molecule is CCOc1cc2c(cc1OCC)C(c1ccc(Cl)cc1)N(c1ccc(C(=O)O)cc1)C(=O)C2. The van der Waals surface area contributed by atoms with Crippen LogP contribution in [0.25, 0.3) is 0 Å². The quantitative estimate of drug-likeness (QED) is 0.497. The predicted molar refractivity (Wildman–Crippen MR) is 127 cm³/mol.